The lowest BCUT2D eigenvalue weighted by Gasteiger charge is -2.15. The molecule has 5 rings (SSSR count). The molecule has 3 fully saturated rings. The fourth-order valence-corrected chi connectivity index (χ4v) is 4.10. The Morgan fingerprint density at radius 3 is 2.80 bits per heavy atom. The fraction of sp³-hybridized carbons (Fsp3) is 0.524. The first-order valence-electron chi connectivity index (χ1n) is 9.70. The minimum atomic E-state index is 0.0605. The van der Waals surface area contributed by atoms with Crippen LogP contribution in [0.1, 0.15) is 54.1 Å². The number of benzene rings is 1. The second-order valence-electron chi connectivity index (χ2n) is 7.98. The standard InChI is InChI=1S/C21H25N3O/c25-21(22-12-14-9-10-24(13-14)16-7-8-16)18-11-20(15-5-6-15)23-19-4-2-1-3-17(18)19/h1-4,11,14-16H,5-10,12-13H2,(H,22,25)/t14-/m1/s1. The Kier molecular flexibility index (Phi) is 3.74. The quantitative estimate of drug-likeness (QED) is 0.912. The fourth-order valence-electron chi connectivity index (χ4n) is 4.10. The van der Waals surface area contributed by atoms with Gasteiger partial charge in [-0.15, -0.1) is 0 Å². The molecule has 1 atom stereocenters. The topological polar surface area (TPSA) is 45.2 Å². The van der Waals surface area contributed by atoms with Gasteiger partial charge in [-0.3, -0.25) is 9.78 Å². The lowest BCUT2D eigenvalue weighted by Crippen LogP contribution is -2.31. The van der Waals surface area contributed by atoms with Crippen molar-refractivity contribution in [1.29, 1.82) is 0 Å². The van der Waals surface area contributed by atoms with Crippen LogP contribution in [-0.4, -0.2) is 41.5 Å². The Morgan fingerprint density at radius 2 is 2.00 bits per heavy atom. The van der Waals surface area contributed by atoms with Crippen LogP contribution in [0.15, 0.2) is 30.3 Å². The molecule has 2 aromatic rings. The molecule has 3 aliphatic rings. The van der Waals surface area contributed by atoms with Gasteiger partial charge in [-0.25, -0.2) is 0 Å². The van der Waals surface area contributed by atoms with Crippen LogP contribution in [0.25, 0.3) is 10.9 Å². The molecule has 25 heavy (non-hydrogen) atoms. The summed E-state index contributed by atoms with van der Waals surface area (Å²) in [6, 6.07) is 10.9. The molecule has 4 nitrogen and oxygen atoms in total. The van der Waals surface area contributed by atoms with E-state index in [0.717, 1.165) is 41.3 Å². The van der Waals surface area contributed by atoms with Crippen molar-refractivity contribution in [3.63, 3.8) is 0 Å². The molecular formula is C21H25N3O. The number of likely N-dealkylation sites (tertiary alicyclic amines) is 1. The summed E-state index contributed by atoms with van der Waals surface area (Å²) >= 11 is 0. The molecule has 0 bridgehead atoms. The van der Waals surface area contributed by atoms with Crippen LogP contribution < -0.4 is 5.32 Å². The second kappa shape index (κ2) is 6.10. The third kappa shape index (κ3) is 3.15. The number of carbonyl (C=O) groups excluding carboxylic acids is 1. The minimum Gasteiger partial charge on any atom is -0.352 e. The molecule has 2 aliphatic carbocycles. The number of carbonyl (C=O) groups is 1. The molecule has 1 aromatic heterocycles. The Bertz CT molecular complexity index is 810. The molecule has 1 aliphatic heterocycles. The van der Waals surface area contributed by atoms with E-state index >= 15 is 0 Å². The maximum Gasteiger partial charge on any atom is 0.252 e. The van der Waals surface area contributed by atoms with Gasteiger partial charge in [0.05, 0.1) is 11.1 Å². The normalized spacial score (nSPS) is 23.9. The van der Waals surface area contributed by atoms with Crippen molar-refractivity contribution in [1.82, 2.24) is 15.2 Å². The van der Waals surface area contributed by atoms with Gasteiger partial charge in [0.25, 0.3) is 5.91 Å². The van der Waals surface area contributed by atoms with Crippen LogP contribution in [0.4, 0.5) is 0 Å². The van der Waals surface area contributed by atoms with E-state index in [-0.39, 0.29) is 5.91 Å². The predicted octanol–water partition coefficient (Wildman–Crippen LogP) is 3.33. The Hall–Kier alpha value is -1.94. The largest absolute Gasteiger partial charge is 0.352 e. The van der Waals surface area contributed by atoms with Crippen molar-refractivity contribution in [3.05, 3.63) is 41.6 Å². The van der Waals surface area contributed by atoms with Crippen molar-refractivity contribution in [3.8, 4) is 0 Å². The zero-order valence-electron chi connectivity index (χ0n) is 14.6. The van der Waals surface area contributed by atoms with E-state index in [4.69, 9.17) is 4.98 Å². The van der Waals surface area contributed by atoms with Gasteiger partial charge >= 0.3 is 0 Å². The van der Waals surface area contributed by atoms with Crippen LogP contribution in [0.3, 0.4) is 0 Å². The summed E-state index contributed by atoms with van der Waals surface area (Å²) in [6.45, 7) is 3.14. The van der Waals surface area contributed by atoms with E-state index in [0.29, 0.717) is 11.8 Å². The van der Waals surface area contributed by atoms with Crippen LogP contribution in [0.5, 0.6) is 0 Å². The Morgan fingerprint density at radius 1 is 1.16 bits per heavy atom. The third-order valence-electron chi connectivity index (χ3n) is 5.91. The Labute approximate surface area is 148 Å². The zero-order chi connectivity index (χ0) is 16.8. The van der Waals surface area contributed by atoms with E-state index < -0.39 is 0 Å². The molecule has 1 N–H and O–H groups in total. The second-order valence-corrected chi connectivity index (χ2v) is 7.98. The molecule has 1 amide bonds. The van der Waals surface area contributed by atoms with Gasteiger partial charge in [-0.05, 0) is 56.7 Å². The molecule has 2 saturated carbocycles. The average molecular weight is 335 g/mol. The van der Waals surface area contributed by atoms with E-state index in [9.17, 15) is 4.79 Å². The SMILES string of the molecule is O=C(NC[C@H]1CCN(C2CC2)C1)c1cc(C2CC2)nc2ccccc12. The van der Waals surface area contributed by atoms with Gasteiger partial charge in [-0.1, -0.05) is 18.2 Å². The molecular weight excluding hydrogens is 310 g/mol. The molecule has 1 aromatic carbocycles. The molecule has 0 unspecified atom stereocenters. The van der Waals surface area contributed by atoms with Crippen molar-refractivity contribution in [2.75, 3.05) is 19.6 Å². The number of para-hydroxylation sites is 1. The lowest BCUT2D eigenvalue weighted by atomic mass is 10.0. The predicted molar refractivity (Wildman–Crippen MR) is 98.8 cm³/mol. The third-order valence-corrected chi connectivity index (χ3v) is 5.91. The van der Waals surface area contributed by atoms with Crippen molar-refractivity contribution < 1.29 is 4.79 Å². The van der Waals surface area contributed by atoms with E-state index in [2.05, 4.69) is 10.2 Å². The molecule has 0 spiro atoms. The highest BCUT2D eigenvalue weighted by Crippen LogP contribution is 2.40. The number of fused-ring (bicyclic) bond motifs is 1. The maximum absolute atomic E-state index is 12.9. The monoisotopic (exact) mass is 335 g/mol. The molecule has 0 radical (unpaired) electrons. The minimum absolute atomic E-state index is 0.0605. The number of hydrogen-bond donors (Lipinski definition) is 1. The highest BCUT2D eigenvalue weighted by Gasteiger charge is 2.34. The summed E-state index contributed by atoms with van der Waals surface area (Å²) in [6.07, 6.45) is 6.34. The zero-order valence-corrected chi connectivity index (χ0v) is 14.6. The van der Waals surface area contributed by atoms with E-state index in [1.54, 1.807) is 0 Å². The summed E-state index contributed by atoms with van der Waals surface area (Å²) in [4.78, 5) is 20.3. The lowest BCUT2D eigenvalue weighted by molar-refractivity contribution is 0.0949. The number of rotatable bonds is 5. The highest BCUT2D eigenvalue weighted by atomic mass is 16.1. The summed E-state index contributed by atoms with van der Waals surface area (Å²) in [7, 11) is 0. The van der Waals surface area contributed by atoms with Crippen molar-refractivity contribution in [2.45, 2.75) is 44.1 Å². The van der Waals surface area contributed by atoms with Crippen LogP contribution >= 0.6 is 0 Å². The smallest absolute Gasteiger partial charge is 0.252 e. The molecule has 2 heterocycles. The number of hydrogen-bond acceptors (Lipinski definition) is 3. The number of aromatic nitrogens is 1. The number of amides is 1. The van der Waals surface area contributed by atoms with E-state index in [1.807, 2.05) is 30.3 Å². The van der Waals surface area contributed by atoms with Gasteiger partial charge in [0, 0.05) is 36.1 Å². The van der Waals surface area contributed by atoms with Gasteiger partial charge < -0.3 is 10.2 Å². The number of pyridine rings is 1. The molecule has 4 heteroatoms. The van der Waals surface area contributed by atoms with E-state index in [1.165, 1.54) is 38.6 Å². The number of nitrogens with one attached hydrogen (secondary N) is 1. The van der Waals surface area contributed by atoms with Crippen LogP contribution in [0, 0.1) is 5.92 Å². The summed E-state index contributed by atoms with van der Waals surface area (Å²) in [5.41, 5.74) is 2.83. The molecule has 130 valence electrons. The first-order chi connectivity index (χ1) is 12.3. The number of nitrogens with zero attached hydrogens (tertiary/aromatic N) is 2. The van der Waals surface area contributed by atoms with Gasteiger partial charge in [0.1, 0.15) is 0 Å². The molecule has 1 saturated heterocycles. The summed E-state index contributed by atoms with van der Waals surface area (Å²) in [5, 5.41) is 4.17. The van der Waals surface area contributed by atoms with Gasteiger partial charge in [0.15, 0.2) is 0 Å². The highest BCUT2D eigenvalue weighted by molar-refractivity contribution is 6.06. The average Bonchev–Trinajstić information content (AvgIpc) is 3.57. The first kappa shape index (κ1) is 15.3. The maximum atomic E-state index is 12.9. The van der Waals surface area contributed by atoms with Crippen molar-refractivity contribution >= 4 is 16.8 Å². The van der Waals surface area contributed by atoms with Gasteiger partial charge in [-0.2, -0.15) is 0 Å². The van der Waals surface area contributed by atoms with Crippen LogP contribution in [-0.2, 0) is 0 Å². The van der Waals surface area contributed by atoms with Crippen molar-refractivity contribution in [2.24, 2.45) is 5.92 Å². The first-order valence-corrected chi connectivity index (χ1v) is 9.70. The Balaban J connectivity index is 1.32. The van der Waals surface area contributed by atoms with Gasteiger partial charge in [0.2, 0.25) is 0 Å². The van der Waals surface area contributed by atoms with Crippen LogP contribution in [0.2, 0.25) is 0 Å². The summed E-state index contributed by atoms with van der Waals surface area (Å²) in [5.74, 6) is 1.21. The summed E-state index contributed by atoms with van der Waals surface area (Å²) < 4.78 is 0.